The molecular formula is C12H16N2O3S. The normalized spacial score (nSPS) is 17.2. The number of hydrogen-bond acceptors (Lipinski definition) is 4. The minimum atomic E-state index is -3.22. The molecule has 0 spiro atoms. The Morgan fingerprint density at radius 1 is 1.33 bits per heavy atom. The van der Waals surface area contributed by atoms with Crippen LogP contribution in [0.15, 0.2) is 29.2 Å². The standard InChI is InChI=1S/C12H16N2O3S/c1-18(16,17)10-4-2-9(3-5-10)11(15)14-12(8-13)6-7-12/h2-5H,6-8,13H2,1H3,(H,14,15). The fourth-order valence-corrected chi connectivity index (χ4v) is 2.33. The molecule has 5 nitrogen and oxygen atoms in total. The molecule has 0 unspecified atom stereocenters. The number of nitrogens with two attached hydrogens (primary N) is 1. The third kappa shape index (κ3) is 2.70. The highest BCUT2D eigenvalue weighted by Crippen LogP contribution is 2.34. The lowest BCUT2D eigenvalue weighted by Crippen LogP contribution is -2.42. The van der Waals surface area contributed by atoms with E-state index in [1.165, 1.54) is 24.3 Å². The van der Waals surface area contributed by atoms with Crippen LogP contribution in [-0.4, -0.2) is 32.7 Å². The van der Waals surface area contributed by atoms with E-state index < -0.39 is 9.84 Å². The average molecular weight is 268 g/mol. The van der Waals surface area contributed by atoms with Gasteiger partial charge in [-0.05, 0) is 37.1 Å². The second-order valence-corrected chi connectivity index (χ2v) is 6.75. The van der Waals surface area contributed by atoms with Gasteiger partial charge in [0.15, 0.2) is 9.84 Å². The first-order chi connectivity index (χ1) is 8.36. The van der Waals surface area contributed by atoms with Gasteiger partial charge in [-0.3, -0.25) is 4.79 Å². The van der Waals surface area contributed by atoms with Gasteiger partial charge in [0.25, 0.3) is 5.91 Å². The smallest absolute Gasteiger partial charge is 0.251 e. The molecule has 1 amide bonds. The zero-order chi connectivity index (χ0) is 13.4. The van der Waals surface area contributed by atoms with E-state index in [0.717, 1.165) is 19.1 Å². The van der Waals surface area contributed by atoms with Crippen molar-refractivity contribution in [3.05, 3.63) is 29.8 Å². The minimum Gasteiger partial charge on any atom is -0.345 e. The number of carbonyl (C=O) groups is 1. The summed E-state index contributed by atoms with van der Waals surface area (Å²) in [4.78, 5) is 12.1. The Hall–Kier alpha value is -1.40. The topological polar surface area (TPSA) is 89.3 Å². The van der Waals surface area contributed by atoms with Gasteiger partial charge in [0, 0.05) is 18.4 Å². The monoisotopic (exact) mass is 268 g/mol. The molecule has 1 aliphatic rings. The van der Waals surface area contributed by atoms with Crippen LogP contribution < -0.4 is 11.1 Å². The summed E-state index contributed by atoms with van der Waals surface area (Å²) in [6, 6.07) is 5.90. The van der Waals surface area contributed by atoms with Gasteiger partial charge in [0.2, 0.25) is 0 Å². The maximum absolute atomic E-state index is 11.9. The molecule has 1 aromatic carbocycles. The fourth-order valence-electron chi connectivity index (χ4n) is 1.70. The van der Waals surface area contributed by atoms with Gasteiger partial charge >= 0.3 is 0 Å². The third-order valence-corrected chi connectivity index (χ3v) is 4.30. The predicted molar refractivity (Wildman–Crippen MR) is 68.0 cm³/mol. The maximum Gasteiger partial charge on any atom is 0.251 e. The Balaban J connectivity index is 2.13. The lowest BCUT2D eigenvalue weighted by molar-refractivity contribution is 0.0933. The Kier molecular flexibility index (Phi) is 3.16. The Bertz CT molecular complexity index is 559. The van der Waals surface area contributed by atoms with E-state index in [9.17, 15) is 13.2 Å². The molecule has 1 saturated carbocycles. The third-order valence-electron chi connectivity index (χ3n) is 3.17. The minimum absolute atomic E-state index is 0.207. The zero-order valence-electron chi connectivity index (χ0n) is 10.1. The highest BCUT2D eigenvalue weighted by atomic mass is 32.2. The van der Waals surface area contributed by atoms with Crippen molar-refractivity contribution < 1.29 is 13.2 Å². The highest BCUT2D eigenvalue weighted by Gasteiger charge is 2.42. The van der Waals surface area contributed by atoms with Crippen LogP contribution in [0.5, 0.6) is 0 Å². The molecule has 0 atom stereocenters. The van der Waals surface area contributed by atoms with Crippen LogP contribution in [0, 0.1) is 0 Å². The van der Waals surface area contributed by atoms with Gasteiger partial charge in [0.1, 0.15) is 0 Å². The molecule has 1 aromatic rings. The van der Waals surface area contributed by atoms with Crippen molar-refractivity contribution >= 4 is 15.7 Å². The molecule has 2 rings (SSSR count). The number of nitrogens with one attached hydrogen (secondary N) is 1. The molecule has 0 heterocycles. The molecule has 18 heavy (non-hydrogen) atoms. The molecule has 6 heteroatoms. The molecule has 0 radical (unpaired) electrons. The summed E-state index contributed by atoms with van der Waals surface area (Å²) in [5, 5.41) is 2.88. The Labute approximate surface area is 106 Å². The van der Waals surface area contributed by atoms with E-state index in [1.807, 2.05) is 0 Å². The number of hydrogen-bond donors (Lipinski definition) is 2. The van der Waals surface area contributed by atoms with Crippen molar-refractivity contribution in [2.45, 2.75) is 23.3 Å². The largest absolute Gasteiger partial charge is 0.345 e. The molecule has 0 aliphatic heterocycles. The molecule has 0 bridgehead atoms. The summed E-state index contributed by atoms with van der Waals surface area (Å²) in [7, 11) is -3.22. The van der Waals surface area contributed by atoms with E-state index in [0.29, 0.717) is 12.1 Å². The summed E-state index contributed by atoms with van der Waals surface area (Å²) < 4.78 is 22.6. The van der Waals surface area contributed by atoms with E-state index in [1.54, 1.807) is 0 Å². The molecule has 98 valence electrons. The van der Waals surface area contributed by atoms with Crippen molar-refractivity contribution in [2.24, 2.45) is 5.73 Å². The number of rotatable bonds is 4. The van der Waals surface area contributed by atoms with Gasteiger partial charge in [-0.15, -0.1) is 0 Å². The van der Waals surface area contributed by atoms with Gasteiger partial charge in [-0.1, -0.05) is 0 Å². The Morgan fingerprint density at radius 2 is 1.89 bits per heavy atom. The predicted octanol–water partition coefficient (Wildman–Crippen LogP) is 0.311. The van der Waals surface area contributed by atoms with Gasteiger partial charge in [0.05, 0.1) is 10.4 Å². The Morgan fingerprint density at radius 3 is 2.28 bits per heavy atom. The van der Waals surface area contributed by atoms with Crippen LogP contribution in [0.2, 0.25) is 0 Å². The second kappa shape index (κ2) is 4.37. The first kappa shape index (κ1) is 13.0. The van der Waals surface area contributed by atoms with Crippen molar-refractivity contribution in [3.8, 4) is 0 Å². The van der Waals surface area contributed by atoms with E-state index in [-0.39, 0.29) is 16.3 Å². The summed E-state index contributed by atoms with van der Waals surface area (Å²) in [6.07, 6.45) is 2.93. The molecule has 1 aliphatic carbocycles. The second-order valence-electron chi connectivity index (χ2n) is 4.74. The van der Waals surface area contributed by atoms with Crippen molar-refractivity contribution in [1.29, 1.82) is 0 Å². The lowest BCUT2D eigenvalue weighted by atomic mass is 10.2. The van der Waals surface area contributed by atoms with Crippen LogP contribution in [-0.2, 0) is 9.84 Å². The summed E-state index contributed by atoms with van der Waals surface area (Å²) in [6.45, 7) is 0.431. The average Bonchev–Trinajstić information content (AvgIpc) is 3.08. The molecule has 0 aromatic heterocycles. The quantitative estimate of drug-likeness (QED) is 0.822. The van der Waals surface area contributed by atoms with Crippen molar-refractivity contribution in [2.75, 3.05) is 12.8 Å². The first-order valence-electron chi connectivity index (χ1n) is 5.69. The van der Waals surface area contributed by atoms with E-state index in [2.05, 4.69) is 5.32 Å². The van der Waals surface area contributed by atoms with Crippen LogP contribution >= 0.6 is 0 Å². The molecule has 1 fully saturated rings. The number of amides is 1. The summed E-state index contributed by atoms with van der Waals surface area (Å²) in [5.74, 6) is -0.210. The van der Waals surface area contributed by atoms with Gasteiger partial charge in [-0.2, -0.15) is 0 Å². The zero-order valence-corrected chi connectivity index (χ0v) is 11.0. The van der Waals surface area contributed by atoms with Crippen LogP contribution in [0.1, 0.15) is 23.2 Å². The maximum atomic E-state index is 11.9. The summed E-state index contributed by atoms with van der Waals surface area (Å²) >= 11 is 0. The first-order valence-corrected chi connectivity index (χ1v) is 7.58. The number of benzene rings is 1. The van der Waals surface area contributed by atoms with Crippen LogP contribution in [0.25, 0.3) is 0 Å². The number of sulfone groups is 1. The summed E-state index contributed by atoms with van der Waals surface area (Å²) in [5.41, 5.74) is 5.79. The van der Waals surface area contributed by atoms with Gasteiger partial charge in [-0.25, -0.2) is 8.42 Å². The van der Waals surface area contributed by atoms with E-state index >= 15 is 0 Å². The fraction of sp³-hybridized carbons (Fsp3) is 0.417. The lowest BCUT2D eigenvalue weighted by Gasteiger charge is -2.14. The van der Waals surface area contributed by atoms with Crippen molar-refractivity contribution in [3.63, 3.8) is 0 Å². The van der Waals surface area contributed by atoms with Crippen LogP contribution in [0.4, 0.5) is 0 Å². The van der Waals surface area contributed by atoms with Crippen molar-refractivity contribution in [1.82, 2.24) is 5.32 Å². The van der Waals surface area contributed by atoms with E-state index in [4.69, 9.17) is 5.73 Å². The number of carbonyl (C=O) groups excluding carboxylic acids is 1. The SMILES string of the molecule is CS(=O)(=O)c1ccc(C(=O)NC2(CN)CC2)cc1. The molecular weight excluding hydrogens is 252 g/mol. The molecule has 3 N–H and O–H groups in total. The van der Waals surface area contributed by atoms with Crippen LogP contribution in [0.3, 0.4) is 0 Å². The highest BCUT2D eigenvalue weighted by molar-refractivity contribution is 7.90. The molecule has 0 saturated heterocycles. The van der Waals surface area contributed by atoms with Gasteiger partial charge < -0.3 is 11.1 Å².